The Bertz CT molecular complexity index is 598. The number of nitrogens with zero attached hydrogens (tertiary/aromatic N) is 4. The molecule has 3 aromatic rings. The summed E-state index contributed by atoms with van der Waals surface area (Å²) in [5.41, 5.74) is 2.17. The van der Waals surface area contributed by atoms with Crippen LogP contribution in [0, 0.1) is 6.33 Å². The summed E-state index contributed by atoms with van der Waals surface area (Å²) in [6.07, 6.45) is 7.82. The first kappa shape index (κ1) is 8.26. The molecule has 3 aromatic heterocycles. The van der Waals surface area contributed by atoms with Crippen LogP contribution in [0.3, 0.4) is 0 Å². The quantitative estimate of drug-likeness (QED) is 0.657. The van der Waals surface area contributed by atoms with E-state index in [1.165, 1.54) is 0 Å². The van der Waals surface area contributed by atoms with Crippen molar-refractivity contribution in [2.45, 2.75) is 0 Å². The predicted molar refractivity (Wildman–Crippen MR) is 52.7 cm³/mol. The van der Waals surface area contributed by atoms with Gasteiger partial charge in [-0.2, -0.15) is 0 Å². The average molecular weight is 219 g/mol. The van der Waals surface area contributed by atoms with Crippen LogP contribution in [0.25, 0.3) is 16.9 Å². The highest BCUT2D eigenvalue weighted by Gasteiger charge is 2.16. The molecule has 3 heterocycles. The SMILES string of the molecule is Clc1[n+]#cnc2c1ncn2-c1cc[nH]c1. The molecule has 0 radical (unpaired) electrons. The number of imidazole rings is 1. The summed E-state index contributed by atoms with van der Waals surface area (Å²) in [6.45, 7) is 0. The lowest BCUT2D eigenvalue weighted by molar-refractivity contribution is -0.292. The Labute approximate surface area is 89.8 Å². The second-order valence-corrected chi connectivity index (χ2v) is 3.33. The van der Waals surface area contributed by atoms with Gasteiger partial charge in [0, 0.05) is 17.4 Å². The fourth-order valence-electron chi connectivity index (χ4n) is 1.42. The molecule has 0 amide bonds. The average Bonchev–Trinajstić information content (AvgIpc) is 2.85. The summed E-state index contributed by atoms with van der Waals surface area (Å²) in [5.74, 6) is 0. The maximum Gasteiger partial charge on any atom is 0.433 e. The van der Waals surface area contributed by atoms with Crippen molar-refractivity contribution in [3.8, 4) is 5.69 Å². The molecule has 6 heteroatoms. The normalized spacial score (nSPS) is 10.5. The summed E-state index contributed by atoms with van der Waals surface area (Å²) in [7, 11) is 0. The van der Waals surface area contributed by atoms with E-state index in [0.29, 0.717) is 16.3 Å². The van der Waals surface area contributed by atoms with Crippen molar-refractivity contribution in [1.29, 1.82) is 0 Å². The van der Waals surface area contributed by atoms with Gasteiger partial charge in [0.15, 0.2) is 0 Å². The van der Waals surface area contributed by atoms with Crippen LogP contribution in [-0.4, -0.2) is 19.5 Å². The van der Waals surface area contributed by atoms with E-state index in [1.54, 1.807) is 6.33 Å². The molecule has 0 spiro atoms. The van der Waals surface area contributed by atoms with E-state index < -0.39 is 0 Å². The highest BCUT2D eigenvalue weighted by molar-refractivity contribution is 6.32. The van der Waals surface area contributed by atoms with E-state index in [4.69, 9.17) is 11.6 Å². The highest BCUT2D eigenvalue weighted by atomic mass is 35.5. The number of H-pyrrole nitrogens is 1. The number of aromatic amines is 1. The molecule has 15 heavy (non-hydrogen) atoms. The maximum atomic E-state index is 5.87. The smallest absolute Gasteiger partial charge is 0.366 e. The van der Waals surface area contributed by atoms with E-state index >= 15 is 0 Å². The molecule has 0 aliphatic rings. The summed E-state index contributed by atoms with van der Waals surface area (Å²) >= 11 is 5.87. The van der Waals surface area contributed by atoms with Gasteiger partial charge in [0.25, 0.3) is 5.65 Å². The van der Waals surface area contributed by atoms with E-state index in [-0.39, 0.29) is 0 Å². The fourth-order valence-corrected chi connectivity index (χ4v) is 1.59. The molecule has 0 saturated heterocycles. The van der Waals surface area contributed by atoms with E-state index in [1.807, 2.05) is 23.0 Å². The zero-order chi connectivity index (χ0) is 10.3. The van der Waals surface area contributed by atoms with Gasteiger partial charge in [0.1, 0.15) is 6.33 Å². The number of hydrogen-bond acceptors (Lipinski definition) is 2. The molecule has 0 fully saturated rings. The van der Waals surface area contributed by atoms with Gasteiger partial charge in [0.2, 0.25) is 5.52 Å². The molecule has 72 valence electrons. The number of fused-ring (bicyclic) bond motifs is 1. The lowest BCUT2D eigenvalue weighted by Gasteiger charge is -1.92. The Balaban J connectivity index is 2.34. The number of aromatic nitrogens is 5. The van der Waals surface area contributed by atoms with Crippen molar-refractivity contribution in [3.05, 3.63) is 36.3 Å². The Morgan fingerprint density at radius 2 is 2.47 bits per heavy atom. The van der Waals surface area contributed by atoms with Gasteiger partial charge in [-0.15, -0.1) is 4.98 Å². The number of rotatable bonds is 1. The lowest BCUT2D eigenvalue weighted by atomic mass is 10.5. The van der Waals surface area contributed by atoms with Crippen LogP contribution in [-0.2, 0) is 0 Å². The molecule has 1 N–H and O–H groups in total. The topological polar surface area (TPSA) is 60.6 Å². The molecular formula is C9H5ClN5+. The molecule has 3 rings (SSSR count). The Kier molecular flexibility index (Phi) is 1.64. The molecule has 0 aromatic carbocycles. The van der Waals surface area contributed by atoms with Crippen molar-refractivity contribution in [2.24, 2.45) is 0 Å². The van der Waals surface area contributed by atoms with Crippen molar-refractivity contribution in [3.63, 3.8) is 0 Å². The number of nitrogens with one attached hydrogen (secondary N) is 1. The van der Waals surface area contributed by atoms with Crippen LogP contribution in [0.15, 0.2) is 24.8 Å². The van der Waals surface area contributed by atoms with Crippen LogP contribution < -0.4 is 4.98 Å². The minimum atomic E-state index is 0.314. The van der Waals surface area contributed by atoms with Crippen LogP contribution in [0.5, 0.6) is 0 Å². The minimum Gasteiger partial charge on any atom is -0.366 e. The monoisotopic (exact) mass is 218 g/mol. The summed E-state index contributed by atoms with van der Waals surface area (Å²) in [6, 6.07) is 1.91. The highest BCUT2D eigenvalue weighted by Crippen LogP contribution is 2.17. The van der Waals surface area contributed by atoms with Crippen molar-refractivity contribution >= 4 is 22.8 Å². The Morgan fingerprint density at radius 1 is 1.53 bits per heavy atom. The van der Waals surface area contributed by atoms with Gasteiger partial charge in [-0.05, 0) is 17.7 Å². The molecule has 5 nitrogen and oxygen atoms in total. The van der Waals surface area contributed by atoms with Gasteiger partial charge in [-0.3, -0.25) is 4.57 Å². The first-order valence-electron chi connectivity index (χ1n) is 4.26. The largest absolute Gasteiger partial charge is 0.433 e. The molecule has 0 unspecified atom stereocenters. The molecule has 0 atom stereocenters. The van der Waals surface area contributed by atoms with Crippen molar-refractivity contribution < 1.29 is 4.98 Å². The minimum absolute atomic E-state index is 0.314. The van der Waals surface area contributed by atoms with Crippen molar-refractivity contribution in [2.75, 3.05) is 0 Å². The molecule has 0 aliphatic heterocycles. The molecule has 0 saturated carbocycles. The standard InChI is InChI=1S/C9H5ClN5/c10-8-7-9(13-4-12-8)15(5-14-7)6-1-2-11-3-6/h1-3,5,11H/q+1. The van der Waals surface area contributed by atoms with Crippen LogP contribution in [0.1, 0.15) is 0 Å². The van der Waals surface area contributed by atoms with E-state index in [2.05, 4.69) is 26.3 Å². The second kappa shape index (κ2) is 2.97. The summed E-state index contributed by atoms with van der Waals surface area (Å²) in [5, 5.41) is 0.314. The fraction of sp³-hybridized carbons (Fsp3) is 0. The zero-order valence-corrected chi connectivity index (χ0v) is 8.23. The zero-order valence-electron chi connectivity index (χ0n) is 7.48. The van der Waals surface area contributed by atoms with Gasteiger partial charge in [-0.25, -0.2) is 4.98 Å². The predicted octanol–water partition coefficient (Wildman–Crippen LogP) is 0.802. The molecule has 0 bridgehead atoms. The molecular weight excluding hydrogens is 214 g/mol. The van der Waals surface area contributed by atoms with Gasteiger partial charge < -0.3 is 4.98 Å². The van der Waals surface area contributed by atoms with Crippen molar-refractivity contribution in [1.82, 2.24) is 19.5 Å². The number of hydrogen-bond donors (Lipinski definition) is 1. The third-order valence-electron chi connectivity index (χ3n) is 2.10. The Morgan fingerprint density at radius 3 is 3.27 bits per heavy atom. The van der Waals surface area contributed by atoms with E-state index in [9.17, 15) is 0 Å². The van der Waals surface area contributed by atoms with E-state index in [0.717, 1.165) is 5.69 Å². The molecule has 0 aliphatic carbocycles. The van der Waals surface area contributed by atoms with Gasteiger partial charge in [-0.1, -0.05) is 0 Å². The van der Waals surface area contributed by atoms with Crippen LogP contribution in [0.2, 0.25) is 5.15 Å². The third kappa shape index (κ3) is 1.16. The van der Waals surface area contributed by atoms with Crippen LogP contribution >= 0.6 is 11.6 Å². The first-order valence-corrected chi connectivity index (χ1v) is 4.64. The van der Waals surface area contributed by atoms with Gasteiger partial charge in [0.05, 0.1) is 5.69 Å². The lowest BCUT2D eigenvalue weighted by Crippen LogP contribution is -1.97. The first-order chi connectivity index (χ1) is 7.36. The third-order valence-corrected chi connectivity index (χ3v) is 2.36. The Hall–Kier alpha value is -2.06. The number of halogens is 1. The van der Waals surface area contributed by atoms with Crippen LogP contribution in [0.4, 0.5) is 0 Å². The summed E-state index contributed by atoms with van der Waals surface area (Å²) < 4.78 is 1.82. The maximum absolute atomic E-state index is 5.87. The second-order valence-electron chi connectivity index (χ2n) is 2.97. The van der Waals surface area contributed by atoms with Gasteiger partial charge >= 0.3 is 11.5 Å². The summed E-state index contributed by atoms with van der Waals surface area (Å²) in [4.78, 5) is 14.9.